The fraction of sp³-hybridized carbons (Fsp3) is 0.591. The summed E-state index contributed by atoms with van der Waals surface area (Å²) in [5, 5.41) is 31.5. The zero-order valence-electron chi connectivity index (χ0n) is 18.8. The van der Waals surface area contributed by atoms with Crippen molar-refractivity contribution in [3.63, 3.8) is 0 Å². The first-order valence-electron chi connectivity index (χ1n) is 11.3. The molecule has 0 radical (unpaired) electrons. The Kier molecular flexibility index (Phi) is 5.73. The number of carbonyl (C=O) groups excluding carboxylic acids is 1. The van der Waals surface area contributed by atoms with Gasteiger partial charge in [-0.1, -0.05) is 6.07 Å². The summed E-state index contributed by atoms with van der Waals surface area (Å²) in [5.41, 5.74) is 1.11. The highest BCUT2D eigenvalue weighted by Crippen LogP contribution is 2.47. The summed E-state index contributed by atoms with van der Waals surface area (Å²) in [4.78, 5) is 21.8. The maximum Gasteiger partial charge on any atom is 0.233 e. The molecule has 2 fully saturated rings. The van der Waals surface area contributed by atoms with Crippen LogP contribution in [0.5, 0.6) is 0 Å². The molecule has 1 amide bonds. The molecule has 4 atom stereocenters. The van der Waals surface area contributed by atoms with Gasteiger partial charge < -0.3 is 24.7 Å². The minimum Gasteiger partial charge on any atom is -0.387 e. The number of ether oxygens (including phenoxy) is 1. The van der Waals surface area contributed by atoms with Crippen molar-refractivity contribution in [2.45, 2.75) is 57.6 Å². The van der Waals surface area contributed by atoms with Crippen LogP contribution >= 0.6 is 0 Å². The number of hydrogen-bond acceptors (Lipinski definition) is 9. The van der Waals surface area contributed by atoms with Gasteiger partial charge in [0.05, 0.1) is 23.3 Å². The van der Waals surface area contributed by atoms with E-state index < -0.39 is 12.4 Å². The van der Waals surface area contributed by atoms with Crippen molar-refractivity contribution in [3.05, 3.63) is 42.0 Å². The van der Waals surface area contributed by atoms with E-state index >= 15 is 0 Å². The lowest BCUT2D eigenvalue weighted by Crippen LogP contribution is -2.46. The number of hydrogen-bond donors (Lipinski definition) is 2. The van der Waals surface area contributed by atoms with E-state index in [9.17, 15) is 15.0 Å². The molecule has 5 rings (SSSR count). The number of likely N-dealkylation sites (tertiary alicyclic amines) is 2. The monoisotopic (exact) mass is 455 g/mol. The van der Waals surface area contributed by atoms with Crippen molar-refractivity contribution in [1.82, 2.24) is 35.0 Å². The average Bonchev–Trinajstić information content (AvgIpc) is 3.50. The van der Waals surface area contributed by atoms with Gasteiger partial charge in [0, 0.05) is 24.3 Å². The highest BCUT2D eigenvalue weighted by atomic mass is 16.6. The number of carbonyl (C=O) groups is 1. The van der Waals surface area contributed by atoms with Crippen LogP contribution in [0.15, 0.2) is 36.4 Å². The number of aromatic nitrogens is 5. The minimum atomic E-state index is -0.952. The van der Waals surface area contributed by atoms with Crippen molar-refractivity contribution < 1.29 is 19.7 Å². The Morgan fingerprint density at radius 3 is 2.67 bits per heavy atom. The van der Waals surface area contributed by atoms with E-state index in [0.29, 0.717) is 12.4 Å². The third kappa shape index (κ3) is 4.05. The fourth-order valence-electron chi connectivity index (χ4n) is 5.38. The maximum absolute atomic E-state index is 13.5. The molecule has 2 unspecified atom stereocenters. The summed E-state index contributed by atoms with van der Waals surface area (Å²) in [6.07, 6.45) is 5.12. The van der Waals surface area contributed by atoms with E-state index in [4.69, 9.17) is 4.74 Å². The average molecular weight is 456 g/mol. The zero-order chi connectivity index (χ0) is 23.2. The summed E-state index contributed by atoms with van der Waals surface area (Å²) in [7, 11) is 0. The van der Waals surface area contributed by atoms with E-state index in [1.54, 1.807) is 18.3 Å². The lowest BCUT2D eigenvalue weighted by Gasteiger charge is -2.38. The number of amides is 1. The lowest BCUT2D eigenvalue weighted by molar-refractivity contribution is -0.138. The third-order valence-electron chi connectivity index (χ3n) is 7.13. The molecule has 0 saturated carbocycles. The Balaban J connectivity index is 1.20. The highest BCUT2D eigenvalue weighted by Gasteiger charge is 2.53. The van der Waals surface area contributed by atoms with E-state index in [1.807, 2.05) is 17.9 Å². The van der Waals surface area contributed by atoms with Gasteiger partial charge in [-0.05, 0) is 68.8 Å². The van der Waals surface area contributed by atoms with Gasteiger partial charge in [0.15, 0.2) is 12.1 Å². The molecule has 5 heterocycles. The van der Waals surface area contributed by atoms with Gasteiger partial charge >= 0.3 is 0 Å². The molecule has 3 aliphatic rings. The number of β-amino-alcohol motifs (C(OH)–C–C–N with tert-alkyl or cyclic N) is 1. The molecule has 2 aromatic rings. The van der Waals surface area contributed by atoms with Crippen molar-refractivity contribution in [1.29, 1.82) is 0 Å². The number of aliphatic hydroxyl groups is 2. The summed E-state index contributed by atoms with van der Waals surface area (Å²) in [5.74, 6) is 0.715. The van der Waals surface area contributed by atoms with E-state index in [-0.39, 0.29) is 23.5 Å². The van der Waals surface area contributed by atoms with Gasteiger partial charge in [0.25, 0.3) is 0 Å². The quantitative estimate of drug-likeness (QED) is 0.658. The molecule has 11 heteroatoms. The second-order valence-corrected chi connectivity index (χ2v) is 9.29. The Morgan fingerprint density at radius 2 is 2.06 bits per heavy atom. The second-order valence-electron chi connectivity index (χ2n) is 9.29. The topological polar surface area (TPSA) is 130 Å². The molecule has 2 saturated heterocycles. The van der Waals surface area contributed by atoms with Gasteiger partial charge in [-0.25, -0.2) is 4.98 Å². The van der Waals surface area contributed by atoms with Crippen LogP contribution in [-0.2, 0) is 9.53 Å². The summed E-state index contributed by atoms with van der Waals surface area (Å²) in [6.45, 7) is 5.90. The van der Waals surface area contributed by atoms with Crippen LogP contribution in [0.3, 0.4) is 0 Å². The first-order chi connectivity index (χ1) is 15.9. The van der Waals surface area contributed by atoms with Crippen LogP contribution in [0.4, 0.5) is 0 Å². The normalized spacial score (nSPS) is 28.5. The molecule has 0 aromatic carbocycles. The molecule has 11 nitrogen and oxygen atoms in total. The van der Waals surface area contributed by atoms with Crippen molar-refractivity contribution in [2.24, 2.45) is 5.41 Å². The van der Waals surface area contributed by atoms with Crippen LogP contribution in [0.1, 0.15) is 44.8 Å². The van der Waals surface area contributed by atoms with E-state index in [1.165, 1.54) is 11.0 Å². The van der Waals surface area contributed by atoms with Crippen LogP contribution in [-0.4, -0.2) is 89.2 Å². The summed E-state index contributed by atoms with van der Waals surface area (Å²) in [6, 6.07) is 3.67. The van der Waals surface area contributed by atoms with Gasteiger partial charge in [-0.15, -0.1) is 5.10 Å². The molecule has 33 heavy (non-hydrogen) atoms. The van der Waals surface area contributed by atoms with E-state index in [2.05, 4.69) is 32.3 Å². The van der Waals surface area contributed by atoms with E-state index in [0.717, 1.165) is 43.6 Å². The van der Waals surface area contributed by atoms with Crippen LogP contribution < -0.4 is 0 Å². The fourth-order valence-corrected chi connectivity index (χ4v) is 5.38. The molecular weight excluding hydrogens is 426 g/mol. The SMILES string of the molecule is CC1OC(O)C=C1N1C(=O)C2(CCN(C[C@H](O)c3ccc(-n4cnnn4)nc3)CC2)C[C@@H]1C. The van der Waals surface area contributed by atoms with Crippen LogP contribution in [0, 0.1) is 5.41 Å². The van der Waals surface area contributed by atoms with Crippen LogP contribution in [0.25, 0.3) is 5.82 Å². The van der Waals surface area contributed by atoms with Crippen molar-refractivity contribution in [3.8, 4) is 5.82 Å². The largest absolute Gasteiger partial charge is 0.387 e. The summed E-state index contributed by atoms with van der Waals surface area (Å²) >= 11 is 0. The standard InChI is InChI=1S/C22H29N7O4/c1-14-10-22(21(32)29(14)17-9-20(31)33-15(17)2)5-7-27(8-6-22)12-18(30)16-3-4-19(23-11-16)28-13-24-25-26-28/h3-4,9,11,13-15,18,20,30-31H,5-8,10,12H2,1-2H3/t14-,15?,18-,20?/m0/s1. The number of rotatable bonds is 5. The summed E-state index contributed by atoms with van der Waals surface area (Å²) < 4.78 is 6.86. The van der Waals surface area contributed by atoms with Gasteiger partial charge in [0.2, 0.25) is 5.91 Å². The highest BCUT2D eigenvalue weighted by molar-refractivity contribution is 5.87. The second kappa shape index (κ2) is 8.56. The maximum atomic E-state index is 13.5. The number of pyridine rings is 1. The molecule has 1 spiro atoms. The Labute approximate surface area is 191 Å². The number of piperidine rings is 1. The Bertz CT molecular complexity index is 1020. The molecular formula is C22H29N7O4. The molecule has 2 N–H and O–H groups in total. The first-order valence-corrected chi connectivity index (χ1v) is 11.3. The first kappa shape index (κ1) is 22.1. The van der Waals surface area contributed by atoms with Gasteiger partial charge in [-0.3, -0.25) is 4.79 Å². The molecule has 176 valence electrons. The smallest absolute Gasteiger partial charge is 0.233 e. The Morgan fingerprint density at radius 1 is 1.27 bits per heavy atom. The van der Waals surface area contributed by atoms with Crippen LogP contribution in [0.2, 0.25) is 0 Å². The van der Waals surface area contributed by atoms with Crippen molar-refractivity contribution >= 4 is 5.91 Å². The van der Waals surface area contributed by atoms with Gasteiger partial charge in [0.1, 0.15) is 6.33 Å². The molecule has 0 bridgehead atoms. The minimum absolute atomic E-state index is 0.0713. The number of tetrazole rings is 1. The predicted molar refractivity (Wildman–Crippen MR) is 116 cm³/mol. The predicted octanol–water partition coefficient (Wildman–Crippen LogP) is 0.415. The third-order valence-corrected chi connectivity index (χ3v) is 7.13. The molecule has 0 aliphatic carbocycles. The zero-order valence-corrected chi connectivity index (χ0v) is 18.8. The van der Waals surface area contributed by atoms with Crippen molar-refractivity contribution in [2.75, 3.05) is 19.6 Å². The lowest BCUT2D eigenvalue weighted by atomic mass is 9.76. The number of aliphatic hydroxyl groups excluding tert-OH is 2. The molecule has 3 aliphatic heterocycles. The van der Waals surface area contributed by atoms with Gasteiger partial charge in [-0.2, -0.15) is 4.68 Å². The molecule has 2 aromatic heterocycles. The Hall–Kier alpha value is -2.73. The number of nitrogens with zero attached hydrogens (tertiary/aromatic N) is 7.